The van der Waals surface area contributed by atoms with Crippen molar-refractivity contribution in [1.82, 2.24) is 19.6 Å². The van der Waals surface area contributed by atoms with E-state index in [0.29, 0.717) is 61.9 Å². The van der Waals surface area contributed by atoms with E-state index in [0.717, 1.165) is 23.2 Å². The number of aliphatic hydroxyl groups excluding tert-OH is 1. The molecule has 4 rings (SSSR count). The summed E-state index contributed by atoms with van der Waals surface area (Å²) in [5.41, 5.74) is 3.38. The molecule has 2 aromatic heterocycles. The van der Waals surface area contributed by atoms with Crippen LogP contribution in [0.15, 0.2) is 36.4 Å². The zero-order valence-corrected chi connectivity index (χ0v) is 30.1. The van der Waals surface area contributed by atoms with Crippen LogP contribution in [0.4, 0.5) is 0 Å². The second-order valence-electron chi connectivity index (χ2n) is 10.9. The van der Waals surface area contributed by atoms with Gasteiger partial charge in [-0.1, -0.05) is 60.3 Å². The minimum absolute atomic E-state index is 0.0601. The van der Waals surface area contributed by atoms with Crippen LogP contribution in [0.2, 0.25) is 20.1 Å². The van der Waals surface area contributed by atoms with E-state index in [9.17, 15) is 9.90 Å². The van der Waals surface area contributed by atoms with E-state index < -0.39 is 0 Å². The van der Waals surface area contributed by atoms with Crippen molar-refractivity contribution < 1.29 is 24.1 Å². The van der Waals surface area contributed by atoms with Crippen LogP contribution in [0.1, 0.15) is 76.1 Å². The fourth-order valence-electron chi connectivity index (χ4n) is 4.68. The molecule has 4 aromatic rings. The van der Waals surface area contributed by atoms with Gasteiger partial charge >= 0.3 is 5.97 Å². The van der Waals surface area contributed by atoms with Crippen LogP contribution in [0.25, 0.3) is 0 Å². The Kier molecular flexibility index (Phi) is 14.1. The summed E-state index contributed by atoms with van der Waals surface area (Å²) in [6.07, 6.45) is 2.05. The molecule has 9 nitrogen and oxygen atoms in total. The quantitative estimate of drug-likeness (QED) is 0.146. The van der Waals surface area contributed by atoms with Crippen LogP contribution in [0.3, 0.4) is 0 Å². The molecule has 0 aliphatic carbocycles. The number of hydrogen-bond acceptors (Lipinski definition) is 7. The van der Waals surface area contributed by atoms with Crippen LogP contribution < -0.4 is 9.47 Å². The third-order valence-electron chi connectivity index (χ3n) is 6.76. The summed E-state index contributed by atoms with van der Waals surface area (Å²) in [4.78, 5) is 11.6. The van der Waals surface area contributed by atoms with Gasteiger partial charge in [-0.15, -0.1) is 0 Å². The Balaban J connectivity index is 0.000000251. The summed E-state index contributed by atoms with van der Waals surface area (Å²) in [6.45, 7) is 12.1. The number of esters is 1. The van der Waals surface area contributed by atoms with Gasteiger partial charge in [-0.25, -0.2) is 9.36 Å². The minimum Gasteiger partial charge on any atom is -0.469 e. The van der Waals surface area contributed by atoms with E-state index in [1.807, 2.05) is 46.2 Å². The molecule has 0 aliphatic rings. The molecule has 46 heavy (non-hydrogen) atoms. The number of rotatable bonds is 12. The lowest BCUT2D eigenvalue weighted by molar-refractivity contribution is -0.139. The van der Waals surface area contributed by atoms with Crippen molar-refractivity contribution in [3.05, 3.63) is 79.0 Å². The number of aliphatic hydroxyl groups is 1. The monoisotopic (exact) mass is 712 g/mol. The van der Waals surface area contributed by atoms with Gasteiger partial charge in [0.05, 0.1) is 37.0 Å². The molecule has 0 aliphatic heterocycles. The first-order valence-electron chi connectivity index (χ1n) is 15.0. The lowest BCUT2D eigenvalue weighted by Crippen LogP contribution is -2.08. The number of carbonyl (C=O) groups excluding carboxylic acids is 1. The summed E-state index contributed by atoms with van der Waals surface area (Å²) < 4.78 is 20.4. The molecule has 250 valence electrons. The van der Waals surface area contributed by atoms with E-state index in [1.54, 1.807) is 41.1 Å². The van der Waals surface area contributed by atoms with Crippen LogP contribution in [0.5, 0.6) is 23.3 Å². The van der Waals surface area contributed by atoms with Crippen molar-refractivity contribution in [2.24, 2.45) is 0 Å². The third-order valence-corrected chi connectivity index (χ3v) is 7.63. The zero-order valence-electron chi connectivity index (χ0n) is 27.0. The first kappa shape index (κ1) is 37.5. The number of benzene rings is 2. The number of methoxy groups -OCH3 is 1. The van der Waals surface area contributed by atoms with E-state index in [-0.39, 0.29) is 31.1 Å². The van der Waals surface area contributed by atoms with Gasteiger partial charge in [-0.2, -0.15) is 10.2 Å². The molecule has 0 spiro atoms. The maximum atomic E-state index is 11.6. The summed E-state index contributed by atoms with van der Waals surface area (Å²) >= 11 is 24.1. The predicted molar refractivity (Wildman–Crippen MR) is 184 cm³/mol. The first-order chi connectivity index (χ1) is 21.8. The molecular formula is C33H40Cl4N4O5. The van der Waals surface area contributed by atoms with Gasteiger partial charge in [0, 0.05) is 44.2 Å². The molecular weight excluding hydrogens is 674 g/mol. The lowest BCUT2D eigenvalue weighted by atomic mass is 10.1. The highest BCUT2D eigenvalue weighted by atomic mass is 35.5. The fraction of sp³-hybridized carbons (Fsp3) is 0.424. The summed E-state index contributed by atoms with van der Waals surface area (Å²) in [5, 5.41) is 20.3. The van der Waals surface area contributed by atoms with Gasteiger partial charge in [-0.05, 0) is 76.9 Å². The van der Waals surface area contributed by atoms with Crippen molar-refractivity contribution in [3.8, 4) is 23.3 Å². The molecule has 0 atom stereocenters. The van der Waals surface area contributed by atoms with Crippen molar-refractivity contribution >= 4 is 52.4 Å². The molecule has 0 radical (unpaired) electrons. The van der Waals surface area contributed by atoms with E-state index >= 15 is 0 Å². The average molecular weight is 715 g/mol. The summed E-state index contributed by atoms with van der Waals surface area (Å²) in [6, 6.07) is 10.3. The van der Waals surface area contributed by atoms with Gasteiger partial charge in [0.2, 0.25) is 11.8 Å². The van der Waals surface area contributed by atoms with E-state index in [4.69, 9.17) is 60.6 Å². The molecule has 0 fully saturated rings. The number of aromatic nitrogens is 4. The Morgan fingerprint density at radius 1 is 0.739 bits per heavy atom. The topological polar surface area (TPSA) is 101 Å². The number of ether oxygens (including phenoxy) is 3. The van der Waals surface area contributed by atoms with Crippen molar-refractivity contribution in [3.63, 3.8) is 0 Å². The number of nitrogens with zero attached hydrogens (tertiary/aromatic N) is 4. The van der Waals surface area contributed by atoms with Crippen LogP contribution in [0, 0.1) is 0 Å². The van der Waals surface area contributed by atoms with E-state index in [2.05, 4.69) is 10.2 Å². The lowest BCUT2D eigenvalue weighted by Gasteiger charge is -2.13. The van der Waals surface area contributed by atoms with Crippen LogP contribution in [-0.4, -0.2) is 44.4 Å². The van der Waals surface area contributed by atoms with Gasteiger partial charge < -0.3 is 19.3 Å². The zero-order chi connectivity index (χ0) is 34.1. The predicted octanol–water partition coefficient (Wildman–Crippen LogP) is 9.50. The maximum Gasteiger partial charge on any atom is 0.311 e. The highest BCUT2D eigenvalue weighted by Crippen LogP contribution is 2.35. The van der Waals surface area contributed by atoms with Crippen LogP contribution >= 0.6 is 46.4 Å². The Labute approximate surface area is 290 Å². The SMILES string of the molecule is CCc1c(CC(=O)OC)nn(C(C)C)c1Oc1cc(Cl)cc(Cl)c1.CCc1c(CCO)nn(C(C)C)c1Oc1cc(Cl)cc(Cl)c1. The average Bonchev–Trinajstić information content (AvgIpc) is 3.49. The van der Waals surface area contributed by atoms with Gasteiger partial charge in [-0.3, -0.25) is 4.79 Å². The largest absolute Gasteiger partial charge is 0.469 e. The molecule has 0 unspecified atom stereocenters. The molecule has 2 aromatic carbocycles. The second kappa shape index (κ2) is 17.3. The molecule has 0 amide bonds. The fourth-order valence-corrected chi connectivity index (χ4v) is 5.69. The van der Waals surface area contributed by atoms with Crippen molar-refractivity contribution in [1.29, 1.82) is 0 Å². The first-order valence-corrected chi connectivity index (χ1v) is 16.5. The molecule has 0 saturated carbocycles. The van der Waals surface area contributed by atoms with Crippen LogP contribution in [-0.2, 0) is 35.2 Å². The summed E-state index contributed by atoms with van der Waals surface area (Å²) in [5.74, 6) is 2.03. The number of halogens is 4. The van der Waals surface area contributed by atoms with E-state index in [1.165, 1.54) is 7.11 Å². The van der Waals surface area contributed by atoms with Crippen molar-refractivity contribution in [2.75, 3.05) is 13.7 Å². The second-order valence-corrected chi connectivity index (χ2v) is 12.6. The molecule has 0 bridgehead atoms. The molecule has 2 heterocycles. The van der Waals surface area contributed by atoms with Gasteiger partial charge in [0.25, 0.3) is 0 Å². The Bertz CT molecular complexity index is 1590. The van der Waals surface area contributed by atoms with Gasteiger partial charge in [0.15, 0.2) is 0 Å². The van der Waals surface area contributed by atoms with Gasteiger partial charge in [0.1, 0.15) is 11.5 Å². The number of hydrogen-bond donors (Lipinski definition) is 1. The molecule has 0 saturated heterocycles. The molecule has 13 heteroatoms. The summed E-state index contributed by atoms with van der Waals surface area (Å²) in [7, 11) is 1.36. The highest BCUT2D eigenvalue weighted by Gasteiger charge is 2.23. The van der Waals surface area contributed by atoms with Crippen molar-refractivity contribution in [2.45, 2.75) is 79.3 Å². The Morgan fingerprint density at radius 3 is 1.48 bits per heavy atom. The minimum atomic E-state index is -0.338. The highest BCUT2D eigenvalue weighted by molar-refractivity contribution is 6.35. The normalized spacial score (nSPS) is 11.1. The Hall–Kier alpha value is -2.95. The maximum absolute atomic E-state index is 11.6. The Morgan fingerprint density at radius 2 is 1.13 bits per heavy atom. The standard InChI is InChI=1S/C17H20Cl2N2O3.C16H20Cl2N2O2/c1-5-14-15(9-16(22)23-4)20-21(10(2)3)17(14)24-13-7-11(18)6-12(19)8-13;1-4-14-15(5-6-21)19-20(10(2)3)16(14)22-13-8-11(17)7-12(18)9-13/h6-8,10H,5,9H2,1-4H3;7-10,21H,4-6H2,1-3H3. The number of carbonyl (C=O) groups is 1. The third kappa shape index (κ3) is 9.78. The smallest absolute Gasteiger partial charge is 0.311 e. The molecule has 1 N–H and O–H groups in total.